The number of anilines is 1. The van der Waals surface area contributed by atoms with E-state index in [1.165, 1.54) is 4.90 Å². The van der Waals surface area contributed by atoms with Crippen molar-refractivity contribution in [1.29, 1.82) is 5.26 Å². The number of nitrogens with zero attached hydrogens (tertiary/aromatic N) is 2. The fraction of sp³-hybridized carbons (Fsp3) is 0.394. The van der Waals surface area contributed by atoms with Gasteiger partial charge in [-0.3, -0.25) is 9.59 Å². The van der Waals surface area contributed by atoms with E-state index in [1.807, 2.05) is 88.4 Å². The van der Waals surface area contributed by atoms with E-state index in [9.17, 15) is 19.6 Å². The predicted octanol–water partition coefficient (Wildman–Crippen LogP) is 6.43. The number of benzene rings is 3. The molecule has 0 bridgehead atoms. The highest BCUT2D eigenvalue weighted by molar-refractivity contribution is 6.00. The van der Waals surface area contributed by atoms with Gasteiger partial charge < -0.3 is 20.3 Å². The number of fused-ring (bicyclic) bond motifs is 1. The molecule has 216 valence electrons. The maximum absolute atomic E-state index is 14.2. The van der Waals surface area contributed by atoms with Gasteiger partial charge in [-0.15, -0.1) is 0 Å². The van der Waals surface area contributed by atoms with Gasteiger partial charge in [-0.1, -0.05) is 74.4 Å². The number of ether oxygens (including phenoxy) is 1. The Morgan fingerprint density at radius 2 is 1.68 bits per heavy atom. The lowest BCUT2D eigenvalue weighted by Crippen LogP contribution is -2.54. The molecule has 3 unspecified atom stereocenters. The fourth-order valence-corrected chi connectivity index (χ4v) is 4.65. The lowest BCUT2D eigenvalue weighted by atomic mass is 9.93. The summed E-state index contributed by atoms with van der Waals surface area (Å²) in [6.07, 6.45) is -0.165. The van der Waals surface area contributed by atoms with E-state index in [-0.39, 0.29) is 12.5 Å². The smallest absolute Gasteiger partial charge is 0.408 e. The second kappa shape index (κ2) is 13.3. The number of rotatable bonds is 9. The van der Waals surface area contributed by atoms with Crippen LogP contribution in [0.5, 0.6) is 0 Å². The number of carbonyl (C=O) groups excluding carboxylic acids is 3. The van der Waals surface area contributed by atoms with Crippen LogP contribution in [-0.4, -0.2) is 41.0 Å². The minimum absolute atomic E-state index is 0.293. The van der Waals surface area contributed by atoms with Crippen molar-refractivity contribution in [3.05, 3.63) is 77.4 Å². The lowest BCUT2D eigenvalue weighted by molar-refractivity contribution is -0.141. The van der Waals surface area contributed by atoms with E-state index in [4.69, 9.17) is 4.74 Å². The predicted molar refractivity (Wildman–Crippen MR) is 161 cm³/mol. The number of hydrogen-bond donors (Lipinski definition) is 2. The third kappa shape index (κ3) is 8.07. The van der Waals surface area contributed by atoms with Crippen LogP contribution < -0.4 is 10.6 Å². The first-order chi connectivity index (χ1) is 19.3. The van der Waals surface area contributed by atoms with Gasteiger partial charge in [0.05, 0.1) is 6.07 Å². The van der Waals surface area contributed by atoms with Crippen LogP contribution in [0, 0.1) is 31.1 Å². The zero-order valence-corrected chi connectivity index (χ0v) is 24.9. The molecule has 0 saturated heterocycles. The van der Waals surface area contributed by atoms with Gasteiger partial charge in [0.1, 0.15) is 24.2 Å². The summed E-state index contributed by atoms with van der Waals surface area (Å²) in [6.45, 7) is 12.4. The second-order valence-electron chi connectivity index (χ2n) is 11.4. The van der Waals surface area contributed by atoms with E-state index in [2.05, 4.69) is 16.7 Å². The van der Waals surface area contributed by atoms with Crippen LogP contribution in [0.25, 0.3) is 10.8 Å². The van der Waals surface area contributed by atoms with Crippen molar-refractivity contribution in [2.75, 3.05) is 11.9 Å². The molecular weight excluding hydrogens is 516 g/mol. The van der Waals surface area contributed by atoms with Crippen LogP contribution >= 0.6 is 0 Å². The standard InChI is InChI=1S/C33H40N4O4/c1-8-22(3)28(36-32(40)41-33(5,6)7)31(39)37(18-17-34)29(27-19-21(2)13-14-23(27)4)30(38)35-26-16-15-24-11-9-10-12-25(24)20-26/h9-16,19-20,22,28-29H,8,18H2,1-7H3,(H,35,38)(H,36,40). The Morgan fingerprint density at radius 3 is 2.32 bits per heavy atom. The molecule has 0 heterocycles. The maximum Gasteiger partial charge on any atom is 0.408 e. The zero-order chi connectivity index (χ0) is 30.3. The summed E-state index contributed by atoms with van der Waals surface area (Å²) in [7, 11) is 0. The van der Waals surface area contributed by atoms with E-state index in [1.54, 1.807) is 20.8 Å². The molecule has 3 rings (SSSR count). The van der Waals surface area contributed by atoms with E-state index < -0.39 is 35.6 Å². The quantitative estimate of drug-likeness (QED) is 0.295. The highest BCUT2D eigenvalue weighted by atomic mass is 16.6. The Bertz CT molecular complexity index is 1450. The summed E-state index contributed by atoms with van der Waals surface area (Å²) in [4.78, 5) is 42.3. The average molecular weight is 557 g/mol. The minimum Gasteiger partial charge on any atom is -0.444 e. The SMILES string of the molecule is CCC(C)C(NC(=O)OC(C)(C)C)C(=O)N(CC#N)C(C(=O)Nc1ccc2ccccc2c1)c1cc(C)ccc1C. The molecule has 0 aliphatic heterocycles. The molecule has 0 radical (unpaired) electrons. The van der Waals surface area contributed by atoms with Crippen molar-refractivity contribution in [3.8, 4) is 6.07 Å². The molecule has 3 atom stereocenters. The Hall–Kier alpha value is -4.38. The molecule has 0 aliphatic carbocycles. The largest absolute Gasteiger partial charge is 0.444 e. The first-order valence-corrected chi connectivity index (χ1v) is 13.9. The molecule has 3 aromatic rings. The summed E-state index contributed by atoms with van der Waals surface area (Å²) in [5.41, 5.74) is 2.11. The van der Waals surface area contributed by atoms with Crippen molar-refractivity contribution in [3.63, 3.8) is 0 Å². The third-order valence-electron chi connectivity index (χ3n) is 6.98. The van der Waals surface area contributed by atoms with Gasteiger partial charge in [-0.25, -0.2) is 4.79 Å². The minimum atomic E-state index is -1.12. The van der Waals surface area contributed by atoms with Gasteiger partial charge in [0, 0.05) is 5.69 Å². The molecule has 0 saturated carbocycles. The zero-order valence-electron chi connectivity index (χ0n) is 24.9. The normalized spacial score (nSPS) is 13.4. The molecule has 0 spiro atoms. The number of nitriles is 1. The first kappa shape index (κ1) is 31.2. The van der Waals surface area contributed by atoms with E-state index in [0.29, 0.717) is 17.7 Å². The fourth-order valence-electron chi connectivity index (χ4n) is 4.65. The number of alkyl carbamates (subject to hydrolysis) is 1. The summed E-state index contributed by atoms with van der Waals surface area (Å²) in [5, 5.41) is 17.5. The topological polar surface area (TPSA) is 112 Å². The van der Waals surface area contributed by atoms with Crippen molar-refractivity contribution < 1.29 is 19.1 Å². The van der Waals surface area contributed by atoms with Crippen LogP contribution in [0.3, 0.4) is 0 Å². The Labute approximate surface area is 242 Å². The number of carbonyl (C=O) groups is 3. The highest BCUT2D eigenvalue weighted by Gasteiger charge is 2.38. The molecule has 41 heavy (non-hydrogen) atoms. The summed E-state index contributed by atoms with van der Waals surface area (Å²) in [6, 6.07) is 19.0. The molecule has 0 fully saturated rings. The molecule has 2 N–H and O–H groups in total. The lowest BCUT2D eigenvalue weighted by Gasteiger charge is -2.35. The maximum atomic E-state index is 14.2. The van der Waals surface area contributed by atoms with Gasteiger partial charge >= 0.3 is 6.09 Å². The van der Waals surface area contributed by atoms with Gasteiger partial charge in [-0.05, 0) is 74.6 Å². The summed E-state index contributed by atoms with van der Waals surface area (Å²) in [5.74, 6) is -1.29. The Morgan fingerprint density at radius 1 is 1.00 bits per heavy atom. The van der Waals surface area contributed by atoms with E-state index in [0.717, 1.165) is 21.9 Å². The van der Waals surface area contributed by atoms with Crippen LogP contribution in [-0.2, 0) is 14.3 Å². The van der Waals surface area contributed by atoms with Gasteiger partial charge in [0.25, 0.3) is 5.91 Å². The molecular formula is C33H40N4O4. The molecule has 8 nitrogen and oxygen atoms in total. The van der Waals surface area contributed by atoms with E-state index >= 15 is 0 Å². The van der Waals surface area contributed by atoms with Crippen LogP contribution in [0.15, 0.2) is 60.7 Å². The van der Waals surface area contributed by atoms with Gasteiger partial charge in [-0.2, -0.15) is 5.26 Å². The van der Waals surface area contributed by atoms with Crippen molar-refractivity contribution >= 4 is 34.4 Å². The molecule has 0 aliphatic rings. The Kier molecular flexibility index (Phi) is 10.1. The third-order valence-corrected chi connectivity index (χ3v) is 6.98. The summed E-state index contributed by atoms with van der Waals surface area (Å²) < 4.78 is 5.43. The molecule has 3 amide bonds. The number of hydrogen-bond acceptors (Lipinski definition) is 5. The number of nitrogens with one attached hydrogen (secondary N) is 2. The summed E-state index contributed by atoms with van der Waals surface area (Å²) >= 11 is 0. The highest BCUT2D eigenvalue weighted by Crippen LogP contribution is 2.29. The van der Waals surface area contributed by atoms with Gasteiger partial charge in [0.2, 0.25) is 5.91 Å². The van der Waals surface area contributed by atoms with Crippen LogP contribution in [0.4, 0.5) is 10.5 Å². The Balaban J connectivity index is 2.07. The van der Waals surface area contributed by atoms with Crippen molar-refractivity contribution in [1.82, 2.24) is 10.2 Å². The van der Waals surface area contributed by atoms with Crippen molar-refractivity contribution in [2.45, 2.75) is 72.6 Å². The first-order valence-electron chi connectivity index (χ1n) is 13.9. The number of amides is 3. The monoisotopic (exact) mass is 556 g/mol. The molecule has 3 aromatic carbocycles. The number of aryl methyl sites for hydroxylation is 2. The average Bonchev–Trinajstić information content (AvgIpc) is 2.91. The molecule has 0 aromatic heterocycles. The van der Waals surface area contributed by atoms with Gasteiger partial charge in [0.15, 0.2) is 0 Å². The van der Waals surface area contributed by atoms with Crippen LogP contribution in [0.1, 0.15) is 63.8 Å². The van der Waals surface area contributed by atoms with Crippen molar-refractivity contribution in [2.24, 2.45) is 5.92 Å². The molecule has 8 heteroatoms. The van der Waals surface area contributed by atoms with Crippen LogP contribution in [0.2, 0.25) is 0 Å². The second-order valence-corrected chi connectivity index (χ2v) is 11.4.